The summed E-state index contributed by atoms with van der Waals surface area (Å²) >= 11 is 0.487. The van der Waals surface area contributed by atoms with E-state index in [0.29, 0.717) is 16.9 Å². The Morgan fingerprint density at radius 1 is 0.839 bits per heavy atom. The van der Waals surface area contributed by atoms with Crippen LogP contribution in [0.25, 0.3) is 22.0 Å². The zero-order chi connectivity index (χ0) is 23.2. The van der Waals surface area contributed by atoms with E-state index >= 15 is 0 Å². The quantitative estimate of drug-likeness (QED) is 0.439. The van der Waals surface area contributed by atoms with Crippen molar-refractivity contribution >= 4 is 33.1 Å². The van der Waals surface area contributed by atoms with Crippen LogP contribution in [-0.2, 0) is 4.79 Å². The summed E-state index contributed by atoms with van der Waals surface area (Å²) in [6.45, 7) is 0. The molecule has 1 heterocycles. The van der Waals surface area contributed by atoms with Crippen molar-refractivity contribution < 1.29 is 44.3 Å². The lowest BCUT2D eigenvalue weighted by Crippen LogP contribution is -2.64. The molecule has 3 rings (SSSR count). The Bertz CT molecular complexity index is 1120. The number of amides is 1. The van der Waals surface area contributed by atoms with E-state index < -0.39 is 35.0 Å². The number of rotatable bonds is 5. The highest BCUT2D eigenvalue weighted by Gasteiger charge is 2.83. The molecule has 166 valence electrons. The molecule has 1 aromatic heterocycles. The Hall–Kier alpha value is -2.83. The molecule has 1 N–H and O–H groups in total. The van der Waals surface area contributed by atoms with Crippen LogP contribution in [0.5, 0.6) is 0 Å². The van der Waals surface area contributed by atoms with Crippen molar-refractivity contribution in [3.8, 4) is 11.3 Å². The molecule has 0 unspecified atom stereocenters. The summed E-state index contributed by atoms with van der Waals surface area (Å²) in [4.78, 5) is 15.2. The molecule has 0 aliphatic carbocycles. The minimum atomic E-state index is -7.15. The normalized spacial score (nSPS) is 13.5. The zero-order valence-electron chi connectivity index (χ0n) is 14.8. The maximum Gasteiger partial charge on any atom is 0.460 e. The van der Waals surface area contributed by atoms with E-state index in [0.717, 1.165) is 10.8 Å². The predicted octanol–water partition coefficient (Wildman–Crippen LogP) is 6.37. The average molecular weight is 472 g/mol. The number of nitrogens with zero attached hydrogens (tertiary/aromatic N) is 1. The highest BCUT2D eigenvalue weighted by molar-refractivity contribution is 7.14. The van der Waals surface area contributed by atoms with Gasteiger partial charge in [0.15, 0.2) is 5.13 Å². The monoisotopic (exact) mass is 472 g/mol. The van der Waals surface area contributed by atoms with Crippen LogP contribution < -0.4 is 5.32 Å². The Morgan fingerprint density at radius 2 is 1.45 bits per heavy atom. The van der Waals surface area contributed by atoms with Gasteiger partial charge in [-0.15, -0.1) is 11.3 Å². The Kier molecular flexibility index (Phi) is 5.45. The molecule has 3 nitrogen and oxygen atoms in total. The molecule has 31 heavy (non-hydrogen) atoms. The summed E-state index contributed by atoms with van der Waals surface area (Å²) in [5.74, 6) is -23.6. The standard InChI is InChI=1S/C18H9F9N2OS/c19-15(20,16(21,22)17(23,24)18(25,26)27)13(30)29-14-28-12(8-31-14)11-6-5-9-3-1-2-4-10(9)7-11/h1-8H,(H,28,29,30). The number of alkyl halides is 9. The second-order valence-electron chi connectivity index (χ2n) is 6.27. The molecule has 0 saturated carbocycles. The van der Waals surface area contributed by atoms with Gasteiger partial charge in [-0.05, 0) is 16.8 Å². The van der Waals surface area contributed by atoms with E-state index in [9.17, 15) is 44.3 Å². The molecule has 0 atom stereocenters. The van der Waals surface area contributed by atoms with Crippen LogP contribution in [0.3, 0.4) is 0 Å². The van der Waals surface area contributed by atoms with Crippen LogP contribution in [0.4, 0.5) is 44.6 Å². The molecule has 0 saturated heterocycles. The molecule has 0 radical (unpaired) electrons. The van der Waals surface area contributed by atoms with Gasteiger partial charge in [0.1, 0.15) is 0 Å². The fourth-order valence-electron chi connectivity index (χ4n) is 2.51. The molecule has 0 bridgehead atoms. The molecule has 1 amide bonds. The molecule has 3 aromatic rings. The number of benzene rings is 2. The van der Waals surface area contributed by atoms with E-state index in [2.05, 4.69) is 4.98 Å². The number of nitrogens with one attached hydrogen (secondary N) is 1. The number of carbonyl (C=O) groups excluding carboxylic acids is 1. The SMILES string of the molecule is O=C(Nc1nc(-c2ccc3ccccc3c2)cs1)C(F)(F)C(F)(F)C(F)(F)C(F)(F)F. The van der Waals surface area contributed by atoms with Gasteiger partial charge in [-0.3, -0.25) is 10.1 Å². The number of thiazole rings is 1. The summed E-state index contributed by atoms with van der Waals surface area (Å²) < 4.78 is 116. The third-order valence-corrected chi connectivity index (χ3v) is 4.96. The molecule has 13 heteroatoms. The molecule has 0 aliphatic rings. The van der Waals surface area contributed by atoms with Crippen LogP contribution in [-0.4, -0.2) is 34.8 Å². The van der Waals surface area contributed by atoms with E-state index in [-0.39, 0.29) is 5.69 Å². The third-order valence-electron chi connectivity index (χ3n) is 4.20. The number of anilines is 1. The van der Waals surface area contributed by atoms with Crippen LogP contribution in [0, 0.1) is 0 Å². The fraction of sp³-hybridized carbons (Fsp3) is 0.222. The number of hydrogen-bond donors (Lipinski definition) is 1. The van der Waals surface area contributed by atoms with Crippen LogP contribution >= 0.6 is 11.3 Å². The number of fused-ring (bicyclic) bond motifs is 1. The van der Waals surface area contributed by atoms with Gasteiger partial charge in [0.25, 0.3) is 0 Å². The average Bonchev–Trinajstić information content (AvgIpc) is 3.14. The lowest BCUT2D eigenvalue weighted by Gasteiger charge is -2.32. The van der Waals surface area contributed by atoms with Gasteiger partial charge in [0.05, 0.1) is 5.69 Å². The second-order valence-corrected chi connectivity index (χ2v) is 7.13. The highest BCUT2D eigenvalue weighted by atomic mass is 32.1. The molecule has 2 aromatic carbocycles. The van der Waals surface area contributed by atoms with E-state index in [1.54, 1.807) is 36.4 Å². The van der Waals surface area contributed by atoms with Crippen molar-refractivity contribution in [3.05, 3.63) is 47.8 Å². The minimum Gasteiger partial charge on any atom is -0.296 e. The smallest absolute Gasteiger partial charge is 0.296 e. The second kappa shape index (κ2) is 7.39. The largest absolute Gasteiger partial charge is 0.460 e. The molecular weight excluding hydrogens is 463 g/mol. The zero-order valence-corrected chi connectivity index (χ0v) is 15.6. The maximum atomic E-state index is 13.6. The van der Waals surface area contributed by atoms with E-state index in [4.69, 9.17) is 0 Å². The van der Waals surface area contributed by atoms with Gasteiger partial charge in [-0.1, -0.05) is 36.4 Å². The maximum absolute atomic E-state index is 13.6. The van der Waals surface area contributed by atoms with E-state index in [1.807, 2.05) is 6.07 Å². The van der Waals surface area contributed by atoms with Crippen molar-refractivity contribution in [2.75, 3.05) is 5.32 Å². The van der Waals surface area contributed by atoms with Crippen LogP contribution in [0.2, 0.25) is 0 Å². The van der Waals surface area contributed by atoms with Gasteiger partial charge in [0.2, 0.25) is 0 Å². The first-order chi connectivity index (χ1) is 14.2. The summed E-state index contributed by atoms with van der Waals surface area (Å²) in [7, 11) is 0. The molecule has 0 spiro atoms. The van der Waals surface area contributed by atoms with Gasteiger partial charge < -0.3 is 0 Å². The molecule has 0 aliphatic heterocycles. The first-order valence-corrected chi connectivity index (χ1v) is 9.03. The van der Waals surface area contributed by atoms with Crippen molar-refractivity contribution in [3.63, 3.8) is 0 Å². The van der Waals surface area contributed by atoms with Gasteiger partial charge in [-0.2, -0.15) is 39.5 Å². The number of halogens is 9. The predicted molar refractivity (Wildman–Crippen MR) is 94.6 cm³/mol. The molecular formula is C18H9F9N2OS. The Labute approximate surface area is 171 Å². The van der Waals surface area contributed by atoms with Gasteiger partial charge >= 0.3 is 29.9 Å². The Balaban J connectivity index is 1.84. The summed E-state index contributed by atoms with van der Waals surface area (Å²) in [5, 5.41) is 3.37. The lowest BCUT2D eigenvalue weighted by atomic mass is 10.0. The van der Waals surface area contributed by atoms with Crippen LogP contribution in [0.15, 0.2) is 47.8 Å². The third kappa shape index (κ3) is 3.82. The van der Waals surface area contributed by atoms with Crippen molar-refractivity contribution in [2.45, 2.75) is 23.9 Å². The number of carbonyl (C=O) groups is 1. The van der Waals surface area contributed by atoms with Crippen LogP contribution in [0.1, 0.15) is 0 Å². The van der Waals surface area contributed by atoms with E-state index in [1.165, 1.54) is 10.7 Å². The Morgan fingerprint density at radius 3 is 2.06 bits per heavy atom. The summed E-state index contributed by atoms with van der Waals surface area (Å²) in [6.07, 6.45) is -7.01. The summed E-state index contributed by atoms with van der Waals surface area (Å²) in [5.41, 5.74) is 0.581. The van der Waals surface area contributed by atoms with Gasteiger partial charge in [0, 0.05) is 10.9 Å². The minimum absolute atomic E-state index is 0.127. The van der Waals surface area contributed by atoms with Crippen molar-refractivity contribution in [1.29, 1.82) is 0 Å². The number of aromatic nitrogens is 1. The van der Waals surface area contributed by atoms with Crippen molar-refractivity contribution in [2.24, 2.45) is 0 Å². The van der Waals surface area contributed by atoms with Crippen molar-refractivity contribution in [1.82, 2.24) is 4.98 Å². The first kappa shape index (κ1) is 22.8. The first-order valence-electron chi connectivity index (χ1n) is 8.15. The lowest BCUT2D eigenvalue weighted by molar-refractivity contribution is -0.388. The topological polar surface area (TPSA) is 42.0 Å². The fourth-order valence-corrected chi connectivity index (χ4v) is 3.22. The molecule has 0 fully saturated rings. The van der Waals surface area contributed by atoms with Gasteiger partial charge in [-0.25, -0.2) is 4.98 Å². The number of hydrogen-bond acceptors (Lipinski definition) is 3. The highest BCUT2D eigenvalue weighted by Crippen LogP contribution is 2.53. The summed E-state index contributed by atoms with van der Waals surface area (Å²) in [6, 6.07) is 12.1.